The van der Waals surface area contributed by atoms with Crippen LogP contribution in [0.5, 0.6) is 11.5 Å². The Morgan fingerprint density at radius 3 is 1.41 bits per heavy atom. The van der Waals surface area contributed by atoms with Crippen molar-refractivity contribution in [3.8, 4) is 11.5 Å². The van der Waals surface area contributed by atoms with Crippen molar-refractivity contribution in [2.75, 3.05) is 0 Å². The first-order valence-corrected chi connectivity index (χ1v) is 10.5. The average molecular weight is 423 g/mol. The summed E-state index contributed by atoms with van der Waals surface area (Å²) in [5.41, 5.74) is 6.44. The molecule has 0 aliphatic carbocycles. The number of phenols is 2. The summed E-state index contributed by atoms with van der Waals surface area (Å²) < 4.78 is 0. The van der Waals surface area contributed by atoms with Gasteiger partial charge < -0.3 is 10.2 Å². The van der Waals surface area contributed by atoms with Crippen LogP contribution in [0.2, 0.25) is 0 Å². The Bertz CT molecular complexity index is 1280. The van der Waals surface area contributed by atoms with Gasteiger partial charge in [0.05, 0.1) is 11.4 Å². The maximum Gasteiger partial charge on any atom is 0.127 e. The summed E-state index contributed by atoms with van der Waals surface area (Å²) in [7, 11) is 0. The predicted octanol–water partition coefficient (Wildman–Crippen LogP) is 6.99. The van der Waals surface area contributed by atoms with Crippen molar-refractivity contribution in [2.45, 2.75) is 27.7 Å². The van der Waals surface area contributed by atoms with Crippen LogP contribution in [0.25, 0.3) is 10.8 Å². The van der Waals surface area contributed by atoms with Crippen molar-refractivity contribution >= 4 is 34.6 Å². The summed E-state index contributed by atoms with van der Waals surface area (Å²) in [5, 5.41) is 23.0. The minimum absolute atomic E-state index is 0.227. The standard InChI is InChI=1S/C28H26N2O2/c1-17-9-19(3)27(31)23(11-17)15-29-25-13-21-7-5-6-8-22(21)14-26(25)30-16-24-12-18(2)10-20(4)28(24)32/h5-16,31-32H,1-4H3. The number of phenolic OH excluding ortho intramolecular Hbond substituents is 2. The van der Waals surface area contributed by atoms with Gasteiger partial charge in [0, 0.05) is 23.6 Å². The number of benzene rings is 4. The quantitative estimate of drug-likeness (QED) is 0.348. The summed E-state index contributed by atoms with van der Waals surface area (Å²) in [6, 6.07) is 19.7. The van der Waals surface area contributed by atoms with Crippen molar-refractivity contribution in [2.24, 2.45) is 9.98 Å². The molecule has 0 aliphatic heterocycles. The van der Waals surface area contributed by atoms with E-state index in [2.05, 4.69) is 9.98 Å². The van der Waals surface area contributed by atoms with Crippen LogP contribution in [-0.4, -0.2) is 22.6 Å². The number of aliphatic imine (C=N–C) groups is 2. The maximum absolute atomic E-state index is 10.4. The van der Waals surface area contributed by atoms with Gasteiger partial charge in [-0.3, -0.25) is 9.98 Å². The number of hydrogen-bond acceptors (Lipinski definition) is 4. The van der Waals surface area contributed by atoms with Crippen LogP contribution in [0.4, 0.5) is 11.4 Å². The molecule has 0 unspecified atom stereocenters. The van der Waals surface area contributed by atoms with Gasteiger partial charge >= 0.3 is 0 Å². The summed E-state index contributed by atoms with van der Waals surface area (Å²) in [4.78, 5) is 9.36. The summed E-state index contributed by atoms with van der Waals surface area (Å²) in [6.07, 6.45) is 3.35. The Morgan fingerprint density at radius 2 is 1.00 bits per heavy atom. The van der Waals surface area contributed by atoms with E-state index in [4.69, 9.17) is 0 Å². The van der Waals surface area contributed by atoms with Crippen molar-refractivity contribution in [1.82, 2.24) is 0 Å². The molecule has 0 radical (unpaired) electrons. The molecule has 0 fully saturated rings. The molecule has 160 valence electrons. The fraction of sp³-hybridized carbons (Fsp3) is 0.143. The Hall–Kier alpha value is -3.92. The van der Waals surface area contributed by atoms with Crippen LogP contribution in [-0.2, 0) is 0 Å². The largest absolute Gasteiger partial charge is 0.507 e. The third-order valence-electron chi connectivity index (χ3n) is 5.48. The molecular weight excluding hydrogens is 396 g/mol. The van der Waals surface area contributed by atoms with Gasteiger partial charge in [-0.15, -0.1) is 0 Å². The van der Waals surface area contributed by atoms with E-state index in [0.29, 0.717) is 22.5 Å². The highest BCUT2D eigenvalue weighted by atomic mass is 16.3. The summed E-state index contributed by atoms with van der Waals surface area (Å²) in [5.74, 6) is 0.454. The maximum atomic E-state index is 10.4. The number of hydrogen-bond donors (Lipinski definition) is 2. The van der Waals surface area contributed by atoms with E-state index in [1.165, 1.54) is 0 Å². The first-order chi connectivity index (χ1) is 15.3. The van der Waals surface area contributed by atoms with Crippen molar-refractivity contribution in [3.05, 3.63) is 94.0 Å². The molecule has 4 aromatic rings. The highest BCUT2D eigenvalue weighted by molar-refractivity contribution is 5.95. The highest BCUT2D eigenvalue weighted by Gasteiger charge is 2.08. The lowest BCUT2D eigenvalue weighted by Crippen LogP contribution is -1.89. The molecule has 4 aromatic carbocycles. The Kier molecular flexibility index (Phi) is 5.78. The normalized spacial score (nSPS) is 11.8. The minimum atomic E-state index is 0.227. The molecule has 0 heterocycles. The highest BCUT2D eigenvalue weighted by Crippen LogP contribution is 2.34. The third-order valence-corrected chi connectivity index (χ3v) is 5.48. The van der Waals surface area contributed by atoms with Gasteiger partial charge in [-0.05, 0) is 85.0 Å². The fourth-order valence-electron chi connectivity index (χ4n) is 3.88. The Morgan fingerprint density at radius 1 is 0.594 bits per heavy atom. The molecule has 4 nitrogen and oxygen atoms in total. The molecule has 32 heavy (non-hydrogen) atoms. The van der Waals surface area contributed by atoms with Crippen LogP contribution in [0.1, 0.15) is 33.4 Å². The molecular formula is C28H26N2O2. The Balaban J connectivity index is 1.81. The molecule has 2 N–H and O–H groups in total. The third kappa shape index (κ3) is 4.40. The fourth-order valence-corrected chi connectivity index (χ4v) is 3.88. The zero-order valence-electron chi connectivity index (χ0n) is 18.7. The minimum Gasteiger partial charge on any atom is -0.507 e. The number of nitrogens with zero attached hydrogens (tertiary/aromatic N) is 2. The molecule has 0 bridgehead atoms. The van der Waals surface area contributed by atoms with E-state index in [1.807, 2.05) is 88.4 Å². The summed E-state index contributed by atoms with van der Waals surface area (Å²) >= 11 is 0. The molecule has 0 saturated heterocycles. The smallest absolute Gasteiger partial charge is 0.127 e. The predicted molar refractivity (Wildman–Crippen MR) is 134 cm³/mol. The van der Waals surface area contributed by atoms with Crippen molar-refractivity contribution in [1.29, 1.82) is 0 Å². The van der Waals surface area contributed by atoms with Gasteiger partial charge in [-0.25, -0.2) is 0 Å². The van der Waals surface area contributed by atoms with E-state index < -0.39 is 0 Å². The van der Waals surface area contributed by atoms with Crippen molar-refractivity contribution < 1.29 is 10.2 Å². The van der Waals surface area contributed by atoms with Crippen LogP contribution >= 0.6 is 0 Å². The lowest BCUT2D eigenvalue weighted by Gasteiger charge is -2.08. The van der Waals surface area contributed by atoms with Gasteiger partial charge in [0.25, 0.3) is 0 Å². The first-order valence-electron chi connectivity index (χ1n) is 10.5. The number of rotatable bonds is 4. The van der Waals surface area contributed by atoms with E-state index >= 15 is 0 Å². The SMILES string of the molecule is Cc1cc(C)c(O)c(C=Nc2cc3ccccc3cc2N=Cc2cc(C)cc(C)c2O)c1. The monoisotopic (exact) mass is 422 g/mol. The second kappa shape index (κ2) is 8.67. The number of fused-ring (bicyclic) bond motifs is 1. The van der Waals surface area contributed by atoms with E-state index in [0.717, 1.165) is 33.0 Å². The molecule has 0 atom stereocenters. The molecule has 0 saturated carbocycles. The first kappa shape index (κ1) is 21.3. The van der Waals surface area contributed by atoms with E-state index in [-0.39, 0.29) is 11.5 Å². The van der Waals surface area contributed by atoms with Gasteiger partial charge in [0.1, 0.15) is 11.5 Å². The molecule has 0 aromatic heterocycles. The van der Waals surface area contributed by atoms with Crippen LogP contribution in [0, 0.1) is 27.7 Å². The second-order valence-corrected chi connectivity index (χ2v) is 8.24. The van der Waals surface area contributed by atoms with E-state index in [1.54, 1.807) is 12.4 Å². The second-order valence-electron chi connectivity index (χ2n) is 8.24. The molecule has 0 aliphatic rings. The molecule has 4 rings (SSSR count). The zero-order chi connectivity index (χ0) is 22.8. The molecule has 4 heteroatoms. The van der Waals surface area contributed by atoms with Crippen molar-refractivity contribution in [3.63, 3.8) is 0 Å². The van der Waals surface area contributed by atoms with E-state index in [9.17, 15) is 10.2 Å². The van der Waals surface area contributed by atoms with Gasteiger partial charge in [-0.2, -0.15) is 0 Å². The lowest BCUT2D eigenvalue weighted by atomic mass is 10.1. The lowest BCUT2D eigenvalue weighted by molar-refractivity contribution is 0.469. The van der Waals surface area contributed by atoms with Gasteiger partial charge in [0.15, 0.2) is 0 Å². The molecule has 0 amide bonds. The zero-order valence-corrected chi connectivity index (χ0v) is 18.7. The van der Waals surface area contributed by atoms with Gasteiger partial charge in [0.2, 0.25) is 0 Å². The summed E-state index contributed by atoms with van der Waals surface area (Å²) in [6.45, 7) is 7.74. The number of aromatic hydroxyl groups is 2. The average Bonchev–Trinajstić information content (AvgIpc) is 2.76. The van der Waals surface area contributed by atoms with Gasteiger partial charge in [-0.1, -0.05) is 36.4 Å². The number of aryl methyl sites for hydroxylation is 4. The Labute approximate surface area is 188 Å². The van der Waals surface area contributed by atoms with Crippen LogP contribution in [0.15, 0.2) is 70.6 Å². The van der Waals surface area contributed by atoms with Crippen LogP contribution in [0.3, 0.4) is 0 Å². The topological polar surface area (TPSA) is 65.2 Å². The van der Waals surface area contributed by atoms with Crippen LogP contribution < -0.4 is 0 Å². The molecule has 0 spiro atoms.